The fourth-order valence-electron chi connectivity index (χ4n) is 6.58. The largest absolute Gasteiger partial charge is 0.508 e. The second kappa shape index (κ2) is 7.47. The average Bonchev–Trinajstić information content (AvgIpc) is 3.56. The summed E-state index contributed by atoms with van der Waals surface area (Å²) in [5.74, 6) is 11.8. The number of ketones is 1. The lowest BCUT2D eigenvalue weighted by molar-refractivity contribution is 0.0604. The maximum absolute atomic E-state index is 13.9. The van der Waals surface area contributed by atoms with Gasteiger partial charge in [0.05, 0.1) is 23.4 Å². The van der Waals surface area contributed by atoms with Crippen LogP contribution in [0.1, 0.15) is 51.5 Å². The smallest absolute Gasteiger partial charge is 0.195 e. The summed E-state index contributed by atoms with van der Waals surface area (Å²) in [4.78, 5) is 13.9. The number of phenols is 1. The zero-order valence-electron chi connectivity index (χ0n) is 19.6. The predicted octanol–water partition coefficient (Wildman–Crippen LogP) is 1.99. The molecule has 2 aromatic rings. The van der Waals surface area contributed by atoms with E-state index in [0.717, 1.165) is 11.1 Å². The van der Waals surface area contributed by atoms with E-state index in [1.54, 1.807) is 25.1 Å². The lowest BCUT2D eigenvalue weighted by Crippen LogP contribution is -2.50. The van der Waals surface area contributed by atoms with Crippen molar-refractivity contribution in [3.05, 3.63) is 69.8 Å². The predicted molar refractivity (Wildman–Crippen MR) is 132 cm³/mol. The van der Waals surface area contributed by atoms with E-state index in [1.807, 2.05) is 25.2 Å². The van der Waals surface area contributed by atoms with Gasteiger partial charge in [0, 0.05) is 34.9 Å². The number of hydrogen-bond acceptors (Lipinski definition) is 6. The second-order valence-corrected chi connectivity index (χ2v) is 9.95. The SMILES string of the molecule is CNCc1ccc2c(c1)Cc1c(O)cc3c(c1C2=O)N[C@H]1C#C/C=C\C#C[C@@H](O)[C@@]32C[C@@]12[C@@H](C)O. The number of fused-ring (bicyclic) bond motifs is 4. The number of aliphatic hydroxyl groups excluding tert-OH is 2. The van der Waals surface area contributed by atoms with Crippen LogP contribution in [0.4, 0.5) is 5.69 Å². The van der Waals surface area contributed by atoms with Crippen molar-refractivity contribution in [2.75, 3.05) is 12.4 Å². The highest BCUT2D eigenvalue weighted by Gasteiger charge is 2.79. The molecule has 2 bridgehead atoms. The van der Waals surface area contributed by atoms with Crippen LogP contribution in [0.5, 0.6) is 5.75 Å². The first-order valence-corrected chi connectivity index (χ1v) is 11.9. The average molecular weight is 467 g/mol. The molecule has 1 aliphatic heterocycles. The highest BCUT2D eigenvalue weighted by Crippen LogP contribution is 2.74. The summed E-state index contributed by atoms with van der Waals surface area (Å²) in [6.07, 6.45) is 2.17. The van der Waals surface area contributed by atoms with Crippen molar-refractivity contribution in [1.82, 2.24) is 5.32 Å². The third kappa shape index (κ3) is 2.76. The number of carbonyl (C=O) groups excluding carboxylic acids is 1. The Balaban J connectivity index is 1.59. The van der Waals surface area contributed by atoms with Gasteiger partial charge in [-0.2, -0.15) is 0 Å². The van der Waals surface area contributed by atoms with E-state index in [4.69, 9.17) is 0 Å². The Hall–Kier alpha value is -3.55. The van der Waals surface area contributed by atoms with Crippen LogP contribution < -0.4 is 10.6 Å². The Morgan fingerprint density at radius 2 is 2.00 bits per heavy atom. The summed E-state index contributed by atoms with van der Waals surface area (Å²) in [5.41, 5.74) is 2.96. The monoisotopic (exact) mass is 466 g/mol. The summed E-state index contributed by atoms with van der Waals surface area (Å²) in [6.45, 7) is 2.39. The Bertz CT molecular complexity index is 1450. The first kappa shape index (κ1) is 21.9. The van der Waals surface area contributed by atoms with Gasteiger partial charge in [-0.15, -0.1) is 0 Å². The summed E-state index contributed by atoms with van der Waals surface area (Å²) in [7, 11) is 1.87. The quantitative estimate of drug-likeness (QED) is 0.299. The minimum absolute atomic E-state index is 0.0148. The maximum atomic E-state index is 13.9. The summed E-state index contributed by atoms with van der Waals surface area (Å²) < 4.78 is 0. The molecule has 1 saturated carbocycles. The third-order valence-electron chi connectivity index (χ3n) is 8.27. The molecular formula is C29H26N2O4. The van der Waals surface area contributed by atoms with Crippen LogP contribution >= 0.6 is 0 Å². The molecule has 3 aliphatic carbocycles. The Morgan fingerprint density at radius 3 is 2.74 bits per heavy atom. The van der Waals surface area contributed by atoms with Crippen LogP contribution in [0.2, 0.25) is 0 Å². The second-order valence-electron chi connectivity index (χ2n) is 9.95. The first-order valence-electron chi connectivity index (χ1n) is 11.9. The van der Waals surface area contributed by atoms with E-state index in [-0.39, 0.29) is 11.5 Å². The van der Waals surface area contributed by atoms with Gasteiger partial charge in [0.15, 0.2) is 5.78 Å². The lowest BCUT2D eigenvalue weighted by atomic mass is 9.69. The van der Waals surface area contributed by atoms with Gasteiger partial charge >= 0.3 is 0 Å². The number of nitrogens with one attached hydrogen (secondary N) is 2. The van der Waals surface area contributed by atoms with Crippen molar-refractivity contribution in [3.63, 3.8) is 0 Å². The molecule has 1 fully saturated rings. The molecule has 5 atom stereocenters. The molecule has 0 unspecified atom stereocenters. The highest BCUT2D eigenvalue weighted by molar-refractivity contribution is 6.16. The third-order valence-corrected chi connectivity index (χ3v) is 8.27. The van der Waals surface area contributed by atoms with Crippen LogP contribution in [0.25, 0.3) is 0 Å². The van der Waals surface area contributed by atoms with E-state index >= 15 is 0 Å². The molecule has 4 aliphatic rings. The normalized spacial score (nSPS) is 30.5. The van der Waals surface area contributed by atoms with Gasteiger partial charge in [0.25, 0.3) is 0 Å². The molecule has 0 aromatic heterocycles. The molecule has 176 valence electrons. The van der Waals surface area contributed by atoms with Gasteiger partial charge in [-0.3, -0.25) is 4.79 Å². The number of phenolic OH excluding ortho intramolecular Hbond substituents is 1. The van der Waals surface area contributed by atoms with Crippen molar-refractivity contribution < 1.29 is 20.1 Å². The van der Waals surface area contributed by atoms with Crippen LogP contribution in [0.15, 0.2) is 36.4 Å². The number of benzene rings is 2. The van der Waals surface area contributed by atoms with Crippen molar-refractivity contribution in [3.8, 4) is 29.4 Å². The van der Waals surface area contributed by atoms with E-state index < -0.39 is 29.1 Å². The lowest BCUT2D eigenvalue weighted by Gasteiger charge is -2.42. The Kier molecular flexibility index (Phi) is 4.69. The fourth-order valence-corrected chi connectivity index (χ4v) is 6.58. The number of aromatic hydroxyl groups is 1. The summed E-state index contributed by atoms with van der Waals surface area (Å²) in [5, 5.41) is 40.0. The number of anilines is 1. The number of hydrogen-bond donors (Lipinski definition) is 5. The molecule has 6 nitrogen and oxygen atoms in total. The highest BCUT2D eigenvalue weighted by atomic mass is 16.3. The first-order chi connectivity index (χ1) is 16.8. The minimum atomic E-state index is -1.10. The van der Waals surface area contributed by atoms with Crippen LogP contribution in [-0.4, -0.2) is 46.4 Å². The molecule has 6 heteroatoms. The van der Waals surface area contributed by atoms with Gasteiger partial charge in [-0.25, -0.2) is 0 Å². The van der Waals surface area contributed by atoms with Gasteiger partial charge in [-0.1, -0.05) is 41.9 Å². The molecule has 0 spiro atoms. The molecular weight excluding hydrogens is 440 g/mol. The zero-order valence-corrected chi connectivity index (χ0v) is 19.6. The molecule has 5 N–H and O–H groups in total. The zero-order chi connectivity index (χ0) is 24.5. The molecule has 0 radical (unpaired) electrons. The molecule has 0 saturated heterocycles. The topological polar surface area (TPSA) is 102 Å². The van der Waals surface area contributed by atoms with Crippen LogP contribution in [-0.2, 0) is 18.4 Å². The van der Waals surface area contributed by atoms with Crippen molar-refractivity contribution in [2.24, 2.45) is 5.41 Å². The van der Waals surface area contributed by atoms with E-state index in [9.17, 15) is 20.1 Å². The van der Waals surface area contributed by atoms with Crippen molar-refractivity contribution in [2.45, 2.75) is 50.0 Å². The van der Waals surface area contributed by atoms with E-state index in [0.29, 0.717) is 47.3 Å². The summed E-state index contributed by atoms with van der Waals surface area (Å²) >= 11 is 0. The van der Waals surface area contributed by atoms with Gasteiger partial charge < -0.3 is 26.0 Å². The molecule has 0 amide bonds. The number of rotatable bonds is 3. The molecule has 35 heavy (non-hydrogen) atoms. The number of carbonyl (C=O) groups is 1. The number of allylic oxidation sites excluding steroid dienone is 2. The minimum Gasteiger partial charge on any atom is -0.508 e. The van der Waals surface area contributed by atoms with Gasteiger partial charge in [0.1, 0.15) is 11.9 Å². The van der Waals surface area contributed by atoms with Crippen molar-refractivity contribution >= 4 is 11.5 Å². The molecule has 6 rings (SSSR count). The van der Waals surface area contributed by atoms with Crippen LogP contribution in [0.3, 0.4) is 0 Å². The Morgan fingerprint density at radius 1 is 1.23 bits per heavy atom. The van der Waals surface area contributed by atoms with Crippen molar-refractivity contribution in [1.29, 1.82) is 0 Å². The van der Waals surface area contributed by atoms with Gasteiger partial charge in [0.2, 0.25) is 0 Å². The van der Waals surface area contributed by atoms with E-state index in [1.165, 1.54) is 0 Å². The Labute approximate surface area is 204 Å². The molecule has 2 aromatic carbocycles. The molecule has 1 heterocycles. The standard InChI is InChI=1S/C29H26N2O4/c1-16(32)28-15-29(28)21-13-22(33)20-12-18-11-17(14-30-2)9-10-19(18)27(35)25(20)26(21)31-23(28)7-5-3-4-6-8-24(29)34/h3-4,9-11,13,16,23-24,30-34H,12,14-15H2,1-2H3/b4-3-/t16-,23+,24-,28-,29-/m1/s1. The van der Waals surface area contributed by atoms with Crippen LogP contribution in [0, 0.1) is 29.1 Å². The summed E-state index contributed by atoms with van der Waals surface area (Å²) in [6, 6.07) is 6.94. The van der Waals surface area contributed by atoms with Gasteiger partial charge in [-0.05, 0) is 55.3 Å². The number of aliphatic hydroxyl groups is 2. The fraction of sp³-hybridized carbons (Fsp3) is 0.345. The van der Waals surface area contributed by atoms with E-state index in [2.05, 4.69) is 34.3 Å². The maximum Gasteiger partial charge on any atom is 0.195 e.